The molecule has 3 nitrogen and oxygen atoms in total. The third-order valence-electron chi connectivity index (χ3n) is 4.85. The predicted octanol–water partition coefficient (Wildman–Crippen LogP) is 3.84. The Morgan fingerprint density at radius 2 is 2.00 bits per heavy atom. The molecule has 3 rings (SSSR count). The first kappa shape index (κ1) is 16.2. The van der Waals surface area contributed by atoms with Crippen molar-refractivity contribution >= 4 is 17.2 Å². The van der Waals surface area contributed by atoms with Crippen LogP contribution in [0.15, 0.2) is 35.7 Å². The van der Waals surface area contributed by atoms with Crippen LogP contribution >= 0.6 is 11.3 Å². The summed E-state index contributed by atoms with van der Waals surface area (Å²) in [6.07, 6.45) is 1.92. The van der Waals surface area contributed by atoms with E-state index in [1.807, 2.05) is 25.1 Å². The van der Waals surface area contributed by atoms with Gasteiger partial charge < -0.3 is 10.1 Å². The lowest BCUT2D eigenvalue weighted by molar-refractivity contribution is 0.0499. The molecule has 0 atom stereocenters. The fourth-order valence-electron chi connectivity index (χ4n) is 3.09. The Morgan fingerprint density at radius 1 is 1.22 bits per heavy atom. The maximum absolute atomic E-state index is 12.5. The first-order chi connectivity index (χ1) is 11.1. The molecule has 4 heteroatoms. The summed E-state index contributed by atoms with van der Waals surface area (Å²) in [7, 11) is 0. The number of ether oxygens (including phenoxy) is 1. The van der Waals surface area contributed by atoms with Gasteiger partial charge in [-0.3, -0.25) is 4.79 Å². The normalized spacial score (nSPS) is 17.0. The lowest BCUT2D eigenvalue weighted by Crippen LogP contribution is -2.44. The van der Waals surface area contributed by atoms with Crippen LogP contribution in [0.3, 0.4) is 0 Å². The van der Waals surface area contributed by atoms with Gasteiger partial charge in [-0.05, 0) is 61.4 Å². The summed E-state index contributed by atoms with van der Waals surface area (Å²) in [6, 6.07) is 10.1. The Morgan fingerprint density at radius 3 is 2.65 bits per heavy atom. The average molecular weight is 329 g/mol. The minimum atomic E-state index is 0.00974. The van der Waals surface area contributed by atoms with Crippen molar-refractivity contribution in [3.05, 3.63) is 57.3 Å². The molecule has 1 saturated heterocycles. The molecule has 2 heterocycles. The highest BCUT2D eigenvalue weighted by Gasteiger charge is 2.35. The maximum Gasteiger partial charge on any atom is 0.251 e. The summed E-state index contributed by atoms with van der Waals surface area (Å²) in [4.78, 5) is 13.9. The van der Waals surface area contributed by atoms with Crippen molar-refractivity contribution in [2.45, 2.75) is 32.1 Å². The molecule has 1 amide bonds. The second kappa shape index (κ2) is 6.85. The van der Waals surface area contributed by atoms with Crippen LogP contribution in [-0.2, 0) is 10.2 Å². The van der Waals surface area contributed by atoms with E-state index in [0.29, 0.717) is 6.54 Å². The van der Waals surface area contributed by atoms with Crippen LogP contribution in [0.2, 0.25) is 0 Å². The van der Waals surface area contributed by atoms with Gasteiger partial charge in [-0.1, -0.05) is 12.1 Å². The molecule has 1 aliphatic rings. The lowest BCUT2D eigenvalue weighted by Gasteiger charge is -2.36. The summed E-state index contributed by atoms with van der Waals surface area (Å²) in [5.74, 6) is 0.00974. The third-order valence-corrected chi connectivity index (χ3v) is 5.97. The van der Waals surface area contributed by atoms with Crippen LogP contribution in [0.4, 0.5) is 0 Å². The molecule has 0 radical (unpaired) electrons. The summed E-state index contributed by atoms with van der Waals surface area (Å²) in [5.41, 5.74) is 3.11. The predicted molar refractivity (Wildman–Crippen MR) is 94.3 cm³/mol. The first-order valence-corrected chi connectivity index (χ1v) is 8.96. The number of hydrogen-bond acceptors (Lipinski definition) is 3. The van der Waals surface area contributed by atoms with Crippen molar-refractivity contribution in [1.82, 2.24) is 5.32 Å². The van der Waals surface area contributed by atoms with Crippen LogP contribution in [-0.4, -0.2) is 25.7 Å². The van der Waals surface area contributed by atoms with Crippen LogP contribution in [0.1, 0.15) is 39.2 Å². The summed E-state index contributed by atoms with van der Waals surface area (Å²) in [5, 5.41) is 5.27. The standard InChI is InChI=1S/C19H23NO2S/c1-14-5-6-16(12-15(14)2)18(21)20-13-19(7-9-22-10-8-19)17-4-3-11-23-17/h3-6,11-12H,7-10,13H2,1-2H3,(H,20,21). The maximum atomic E-state index is 12.5. The number of thiophene rings is 1. The van der Waals surface area contributed by atoms with E-state index >= 15 is 0 Å². The zero-order valence-electron chi connectivity index (χ0n) is 13.7. The number of nitrogens with one attached hydrogen (secondary N) is 1. The monoisotopic (exact) mass is 329 g/mol. The Balaban J connectivity index is 1.74. The molecule has 1 aromatic heterocycles. The van der Waals surface area contributed by atoms with Crippen LogP contribution < -0.4 is 5.32 Å². The van der Waals surface area contributed by atoms with E-state index in [2.05, 4.69) is 29.8 Å². The van der Waals surface area contributed by atoms with Gasteiger partial charge in [0.1, 0.15) is 0 Å². The Kier molecular flexibility index (Phi) is 4.83. The Bertz CT molecular complexity index is 673. The molecule has 1 N–H and O–H groups in total. The molecule has 0 aliphatic carbocycles. The van der Waals surface area contributed by atoms with Crippen molar-refractivity contribution in [2.75, 3.05) is 19.8 Å². The lowest BCUT2D eigenvalue weighted by atomic mass is 9.78. The number of benzene rings is 1. The van der Waals surface area contributed by atoms with Crippen molar-refractivity contribution in [2.24, 2.45) is 0 Å². The van der Waals surface area contributed by atoms with E-state index in [9.17, 15) is 4.79 Å². The quantitative estimate of drug-likeness (QED) is 0.925. The van der Waals surface area contributed by atoms with Gasteiger partial charge in [0.05, 0.1) is 0 Å². The van der Waals surface area contributed by atoms with Crippen molar-refractivity contribution in [3.8, 4) is 0 Å². The van der Waals surface area contributed by atoms with Gasteiger partial charge in [0.25, 0.3) is 5.91 Å². The molecule has 23 heavy (non-hydrogen) atoms. The molecule has 0 saturated carbocycles. The third kappa shape index (κ3) is 3.48. The molecule has 1 aliphatic heterocycles. The van der Waals surface area contributed by atoms with Crippen molar-refractivity contribution in [3.63, 3.8) is 0 Å². The second-order valence-electron chi connectivity index (χ2n) is 6.35. The van der Waals surface area contributed by atoms with E-state index in [1.165, 1.54) is 10.4 Å². The van der Waals surface area contributed by atoms with Crippen molar-refractivity contribution < 1.29 is 9.53 Å². The molecule has 0 spiro atoms. The molecule has 0 unspecified atom stereocenters. The fraction of sp³-hybridized carbons (Fsp3) is 0.421. The van der Waals surface area contributed by atoms with Crippen LogP contribution in [0, 0.1) is 13.8 Å². The van der Waals surface area contributed by atoms with Gasteiger partial charge in [-0.2, -0.15) is 0 Å². The molecule has 1 aromatic carbocycles. The number of aryl methyl sites for hydroxylation is 2. The van der Waals surface area contributed by atoms with E-state index in [4.69, 9.17) is 4.74 Å². The van der Waals surface area contributed by atoms with E-state index in [-0.39, 0.29) is 11.3 Å². The summed E-state index contributed by atoms with van der Waals surface area (Å²) < 4.78 is 5.54. The van der Waals surface area contributed by atoms with Gasteiger partial charge in [0.2, 0.25) is 0 Å². The minimum absolute atomic E-state index is 0.00974. The molecular formula is C19H23NO2S. The summed E-state index contributed by atoms with van der Waals surface area (Å²) in [6.45, 7) is 6.29. The molecule has 1 fully saturated rings. The average Bonchev–Trinajstić information content (AvgIpc) is 3.11. The van der Waals surface area contributed by atoms with Gasteiger partial charge in [-0.15, -0.1) is 11.3 Å². The van der Waals surface area contributed by atoms with Gasteiger partial charge >= 0.3 is 0 Å². The zero-order chi connectivity index (χ0) is 16.3. The number of carbonyl (C=O) groups is 1. The van der Waals surface area contributed by atoms with Gasteiger partial charge in [0, 0.05) is 35.6 Å². The topological polar surface area (TPSA) is 38.3 Å². The number of hydrogen-bond donors (Lipinski definition) is 1. The zero-order valence-corrected chi connectivity index (χ0v) is 14.5. The number of amides is 1. The van der Waals surface area contributed by atoms with E-state index in [0.717, 1.165) is 37.2 Å². The number of carbonyl (C=O) groups excluding carboxylic acids is 1. The minimum Gasteiger partial charge on any atom is -0.381 e. The molecule has 122 valence electrons. The fourth-order valence-corrected chi connectivity index (χ4v) is 4.07. The molecular weight excluding hydrogens is 306 g/mol. The largest absolute Gasteiger partial charge is 0.381 e. The highest BCUT2D eigenvalue weighted by Crippen LogP contribution is 2.37. The highest BCUT2D eigenvalue weighted by molar-refractivity contribution is 7.10. The molecule has 0 bridgehead atoms. The Labute approximate surface area is 141 Å². The highest BCUT2D eigenvalue weighted by atomic mass is 32.1. The van der Waals surface area contributed by atoms with E-state index in [1.54, 1.807) is 11.3 Å². The SMILES string of the molecule is Cc1ccc(C(=O)NCC2(c3cccs3)CCOCC2)cc1C. The summed E-state index contributed by atoms with van der Waals surface area (Å²) >= 11 is 1.77. The van der Waals surface area contributed by atoms with Gasteiger partial charge in [0.15, 0.2) is 0 Å². The van der Waals surface area contributed by atoms with Gasteiger partial charge in [-0.25, -0.2) is 0 Å². The first-order valence-electron chi connectivity index (χ1n) is 8.08. The number of rotatable bonds is 4. The molecule has 2 aromatic rings. The smallest absolute Gasteiger partial charge is 0.251 e. The van der Waals surface area contributed by atoms with E-state index < -0.39 is 0 Å². The second-order valence-corrected chi connectivity index (χ2v) is 7.30. The van der Waals surface area contributed by atoms with Crippen LogP contribution in [0.25, 0.3) is 0 Å². The van der Waals surface area contributed by atoms with Crippen LogP contribution in [0.5, 0.6) is 0 Å². The van der Waals surface area contributed by atoms with Crippen molar-refractivity contribution in [1.29, 1.82) is 0 Å². The Hall–Kier alpha value is -1.65.